The van der Waals surface area contributed by atoms with Gasteiger partial charge in [0.05, 0.1) is 6.04 Å². The molecular formula is C12H12F3N5O2S. The number of halogens is 3. The van der Waals surface area contributed by atoms with E-state index < -0.39 is 23.4 Å². The van der Waals surface area contributed by atoms with Gasteiger partial charge in [-0.2, -0.15) is 22.6 Å². The highest BCUT2D eigenvalue weighted by atomic mass is 32.1. The summed E-state index contributed by atoms with van der Waals surface area (Å²) >= 11 is 1.22. The summed E-state index contributed by atoms with van der Waals surface area (Å²) in [6.45, 7) is 2.77. The maximum atomic E-state index is 12.9. The Morgan fingerprint density at radius 3 is 2.74 bits per heavy atom. The number of aromatic nitrogens is 4. The third-order valence-electron chi connectivity index (χ3n) is 3.56. The van der Waals surface area contributed by atoms with Crippen LogP contribution < -0.4 is 4.90 Å². The van der Waals surface area contributed by atoms with Crippen LogP contribution in [0.2, 0.25) is 0 Å². The van der Waals surface area contributed by atoms with Crippen LogP contribution in [-0.2, 0) is 6.18 Å². The van der Waals surface area contributed by atoms with Crippen LogP contribution in [0.1, 0.15) is 34.3 Å². The first-order valence-electron chi connectivity index (χ1n) is 6.70. The summed E-state index contributed by atoms with van der Waals surface area (Å²) in [6, 6.07) is -0.339. The van der Waals surface area contributed by atoms with E-state index in [1.165, 1.54) is 11.5 Å². The molecule has 2 aromatic rings. The lowest BCUT2D eigenvalue weighted by molar-refractivity contribution is -0.142. The van der Waals surface area contributed by atoms with E-state index in [2.05, 4.69) is 14.5 Å². The lowest BCUT2D eigenvalue weighted by Crippen LogP contribution is -2.21. The number of alkyl halides is 3. The zero-order valence-electron chi connectivity index (χ0n) is 11.9. The summed E-state index contributed by atoms with van der Waals surface area (Å²) in [5, 5.41) is 13.1. The number of hydrogen-bond donors (Lipinski definition) is 1. The van der Waals surface area contributed by atoms with Gasteiger partial charge in [-0.1, -0.05) is 0 Å². The van der Waals surface area contributed by atoms with Crippen molar-refractivity contribution in [3.8, 4) is 0 Å². The maximum absolute atomic E-state index is 12.9. The quantitative estimate of drug-likeness (QED) is 0.916. The molecule has 124 valence electrons. The van der Waals surface area contributed by atoms with Crippen LogP contribution in [0.3, 0.4) is 0 Å². The third-order valence-corrected chi connectivity index (χ3v) is 4.42. The molecule has 1 fully saturated rings. The molecular weight excluding hydrogens is 335 g/mol. The first-order chi connectivity index (χ1) is 10.8. The van der Waals surface area contributed by atoms with E-state index in [1.807, 2.05) is 4.90 Å². The predicted octanol–water partition coefficient (Wildman–Crippen LogP) is 2.21. The van der Waals surface area contributed by atoms with E-state index in [-0.39, 0.29) is 6.04 Å². The van der Waals surface area contributed by atoms with Gasteiger partial charge in [0.25, 0.3) is 0 Å². The Balaban J connectivity index is 1.84. The molecule has 1 atom stereocenters. The number of rotatable bonds is 3. The average Bonchev–Trinajstić information content (AvgIpc) is 3.15. The molecule has 1 unspecified atom stereocenters. The molecule has 0 bridgehead atoms. The molecule has 23 heavy (non-hydrogen) atoms. The molecule has 0 aliphatic carbocycles. The Kier molecular flexibility index (Phi) is 3.74. The summed E-state index contributed by atoms with van der Waals surface area (Å²) in [5.74, 6) is -1.00. The fourth-order valence-electron chi connectivity index (χ4n) is 2.49. The Morgan fingerprint density at radius 2 is 2.22 bits per heavy atom. The van der Waals surface area contributed by atoms with Gasteiger partial charge in [0.2, 0.25) is 5.13 Å². The molecule has 2 aromatic heterocycles. The van der Waals surface area contributed by atoms with Crippen LogP contribution in [0, 0.1) is 6.92 Å². The number of carbonyl (C=O) groups is 1. The summed E-state index contributed by atoms with van der Waals surface area (Å²) in [7, 11) is 0. The zero-order valence-corrected chi connectivity index (χ0v) is 12.7. The fraction of sp³-hybridized carbons (Fsp3) is 0.500. The highest BCUT2D eigenvalue weighted by Gasteiger charge is 2.40. The first-order valence-corrected chi connectivity index (χ1v) is 7.48. The van der Waals surface area contributed by atoms with Crippen molar-refractivity contribution in [3.05, 3.63) is 23.3 Å². The molecule has 1 N–H and O–H groups in total. The molecule has 0 amide bonds. The van der Waals surface area contributed by atoms with Crippen LogP contribution >= 0.6 is 11.5 Å². The smallest absolute Gasteiger partial charge is 0.436 e. The SMILES string of the molecule is Cc1nsc(N2CCC(n3cc(C(=O)O)c(C(F)(F)F)n3)C2)n1. The number of hydrogen-bond acceptors (Lipinski definition) is 6. The Hall–Kier alpha value is -2.17. The second-order valence-electron chi connectivity index (χ2n) is 5.19. The molecule has 0 aromatic carbocycles. The number of anilines is 1. The van der Waals surface area contributed by atoms with E-state index in [9.17, 15) is 18.0 Å². The van der Waals surface area contributed by atoms with Crippen LogP contribution in [0.4, 0.5) is 18.3 Å². The average molecular weight is 347 g/mol. The maximum Gasteiger partial charge on any atom is 0.436 e. The summed E-state index contributed by atoms with van der Waals surface area (Å²) in [5.41, 5.74) is -2.20. The molecule has 0 saturated carbocycles. The summed E-state index contributed by atoms with van der Waals surface area (Å²) < 4.78 is 43.8. The van der Waals surface area contributed by atoms with Crippen molar-refractivity contribution < 1.29 is 23.1 Å². The van der Waals surface area contributed by atoms with Crippen molar-refractivity contribution in [2.24, 2.45) is 0 Å². The second-order valence-corrected chi connectivity index (χ2v) is 5.92. The van der Waals surface area contributed by atoms with Crippen LogP contribution in [-0.4, -0.2) is 43.3 Å². The highest BCUT2D eigenvalue weighted by molar-refractivity contribution is 7.09. The number of carboxylic acids is 1. The number of aromatic carboxylic acids is 1. The first kappa shape index (κ1) is 15.7. The molecule has 11 heteroatoms. The molecule has 7 nitrogen and oxygen atoms in total. The lowest BCUT2D eigenvalue weighted by Gasteiger charge is -2.14. The molecule has 1 aliphatic heterocycles. The minimum atomic E-state index is -4.80. The number of carboxylic acid groups (broad SMARTS) is 1. The molecule has 0 radical (unpaired) electrons. The van der Waals surface area contributed by atoms with E-state index in [0.717, 1.165) is 10.9 Å². The van der Waals surface area contributed by atoms with E-state index >= 15 is 0 Å². The molecule has 3 rings (SSSR count). The largest absolute Gasteiger partial charge is 0.478 e. The van der Waals surface area contributed by atoms with Crippen molar-refractivity contribution in [1.82, 2.24) is 19.1 Å². The van der Waals surface area contributed by atoms with Gasteiger partial charge in [-0.3, -0.25) is 4.68 Å². The Labute approximate surface area is 132 Å². The van der Waals surface area contributed by atoms with Crippen molar-refractivity contribution in [2.45, 2.75) is 25.6 Å². The minimum Gasteiger partial charge on any atom is -0.478 e. The number of nitrogens with zero attached hydrogens (tertiary/aromatic N) is 5. The van der Waals surface area contributed by atoms with Gasteiger partial charge in [0, 0.05) is 30.8 Å². The van der Waals surface area contributed by atoms with Crippen LogP contribution in [0.25, 0.3) is 0 Å². The normalized spacial score (nSPS) is 18.6. The van der Waals surface area contributed by atoms with Gasteiger partial charge in [-0.25, -0.2) is 9.78 Å². The molecule has 1 saturated heterocycles. The number of aryl methyl sites for hydroxylation is 1. The van der Waals surface area contributed by atoms with Gasteiger partial charge in [-0.15, -0.1) is 0 Å². The molecule has 0 spiro atoms. The van der Waals surface area contributed by atoms with Gasteiger partial charge < -0.3 is 10.0 Å². The third kappa shape index (κ3) is 3.00. The van der Waals surface area contributed by atoms with Gasteiger partial charge in [0.15, 0.2) is 5.69 Å². The van der Waals surface area contributed by atoms with Crippen LogP contribution in [0.15, 0.2) is 6.20 Å². The standard InChI is InChI=1S/C12H12F3N5O2S/c1-6-16-11(23-18-6)19-3-2-7(4-19)20-5-8(10(21)22)9(17-20)12(13,14)15/h5,7H,2-4H2,1H3,(H,21,22). The molecule has 1 aliphatic rings. The van der Waals surface area contributed by atoms with E-state index in [4.69, 9.17) is 5.11 Å². The minimum absolute atomic E-state index is 0.339. The fourth-order valence-corrected chi connectivity index (χ4v) is 3.20. The van der Waals surface area contributed by atoms with E-state index in [1.54, 1.807) is 6.92 Å². The zero-order chi connectivity index (χ0) is 16.8. The Morgan fingerprint density at radius 1 is 1.48 bits per heavy atom. The van der Waals surface area contributed by atoms with Crippen molar-refractivity contribution >= 4 is 22.6 Å². The van der Waals surface area contributed by atoms with Gasteiger partial charge in [0.1, 0.15) is 11.4 Å². The summed E-state index contributed by atoms with van der Waals surface area (Å²) in [6.07, 6.45) is -3.30. The van der Waals surface area contributed by atoms with Crippen molar-refractivity contribution in [1.29, 1.82) is 0 Å². The van der Waals surface area contributed by atoms with E-state index in [0.29, 0.717) is 30.5 Å². The highest BCUT2D eigenvalue weighted by Crippen LogP contribution is 2.33. The lowest BCUT2D eigenvalue weighted by atomic mass is 10.2. The topological polar surface area (TPSA) is 84.1 Å². The summed E-state index contributed by atoms with van der Waals surface area (Å²) in [4.78, 5) is 17.2. The second kappa shape index (κ2) is 5.48. The van der Waals surface area contributed by atoms with Crippen LogP contribution in [0.5, 0.6) is 0 Å². The molecule has 3 heterocycles. The van der Waals surface area contributed by atoms with Crippen molar-refractivity contribution in [3.63, 3.8) is 0 Å². The van der Waals surface area contributed by atoms with Crippen molar-refractivity contribution in [2.75, 3.05) is 18.0 Å². The van der Waals surface area contributed by atoms with Gasteiger partial charge >= 0.3 is 12.1 Å². The van der Waals surface area contributed by atoms with Gasteiger partial charge in [-0.05, 0) is 13.3 Å². The predicted molar refractivity (Wildman–Crippen MR) is 74.7 cm³/mol. The Bertz CT molecular complexity index is 741. The monoisotopic (exact) mass is 347 g/mol.